The van der Waals surface area contributed by atoms with Gasteiger partial charge < -0.3 is 15.7 Å². The summed E-state index contributed by atoms with van der Waals surface area (Å²) in [5.41, 5.74) is 1.18. The topological polar surface area (TPSA) is 78.4 Å². The fraction of sp³-hybridized carbons (Fsp3) is 0.333. The van der Waals surface area contributed by atoms with E-state index in [0.717, 1.165) is 0 Å². The number of carbonyl (C=O) groups excluding carboxylic acids is 2. The third kappa shape index (κ3) is 3.72. The van der Waals surface area contributed by atoms with Crippen molar-refractivity contribution in [1.82, 2.24) is 5.32 Å². The van der Waals surface area contributed by atoms with Crippen molar-refractivity contribution < 1.29 is 14.7 Å². The quantitative estimate of drug-likeness (QED) is 0.720. The second-order valence-electron chi connectivity index (χ2n) is 3.92. The minimum Gasteiger partial charge on any atom is -0.394 e. The van der Waals surface area contributed by atoms with E-state index in [-0.39, 0.29) is 6.61 Å². The molecule has 0 spiro atoms. The number of aliphatic hydroxyl groups excluding tert-OH is 1. The predicted octanol–water partition coefficient (Wildman–Crippen LogP) is 1.08. The molecule has 1 aromatic rings. The SMILES string of the molecule is Cc1c(Cl)cccc1NC(=O)C(=O)NC(C)CO. The van der Waals surface area contributed by atoms with Crippen molar-refractivity contribution in [3.8, 4) is 0 Å². The summed E-state index contributed by atoms with van der Waals surface area (Å²) >= 11 is 5.90. The van der Waals surface area contributed by atoms with Crippen LogP contribution < -0.4 is 10.6 Å². The summed E-state index contributed by atoms with van der Waals surface area (Å²) in [6, 6.07) is 4.56. The molecule has 0 radical (unpaired) electrons. The number of hydrogen-bond acceptors (Lipinski definition) is 3. The minimum atomic E-state index is -0.795. The summed E-state index contributed by atoms with van der Waals surface area (Å²) in [5.74, 6) is -1.59. The molecule has 0 fully saturated rings. The molecule has 1 unspecified atom stereocenters. The van der Waals surface area contributed by atoms with Crippen LogP contribution in [0.25, 0.3) is 0 Å². The van der Waals surface area contributed by atoms with E-state index in [1.54, 1.807) is 32.0 Å². The van der Waals surface area contributed by atoms with Gasteiger partial charge in [0.2, 0.25) is 0 Å². The van der Waals surface area contributed by atoms with Crippen LogP contribution in [0.4, 0.5) is 5.69 Å². The van der Waals surface area contributed by atoms with Gasteiger partial charge in [-0.1, -0.05) is 17.7 Å². The monoisotopic (exact) mass is 270 g/mol. The van der Waals surface area contributed by atoms with Gasteiger partial charge >= 0.3 is 11.8 Å². The van der Waals surface area contributed by atoms with Gasteiger partial charge in [-0.15, -0.1) is 0 Å². The van der Waals surface area contributed by atoms with Crippen LogP contribution in [0.2, 0.25) is 5.02 Å². The van der Waals surface area contributed by atoms with Crippen LogP contribution in [0.1, 0.15) is 12.5 Å². The number of halogens is 1. The molecule has 0 aliphatic carbocycles. The van der Waals surface area contributed by atoms with Crippen LogP contribution in [0.5, 0.6) is 0 Å². The van der Waals surface area contributed by atoms with Crippen molar-refractivity contribution >= 4 is 29.1 Å². The number of rotatable bonds is 3. The zero-order valence-corrected chi connectivity index (χ0v) is 10.9. The normalized spacial score (nSPS) is 11.8. The Bertz CT molecular complexity index is 463. The Hall–Kier alpha value is -1.59. The highest BCUT2D eigenvalue weighted by atomic mass is 35.5. The third-order valence-corrected chi connectivity index (χ3v) is 2.78. The van der Waals surface area contributed by atoms with E-state index >= 15 is 0 Å². The Morgan fingerprint density at radius 3 is 2.67 bits per heavy atom. The van der Waals surface area contributed by atoms with Crippen LogP contribution in [0.15, 0.2) is 18.2 Å². The van der Waals surface area contributed by atoms with Crippen molar-refractivity contribution in [3.63, 3.8) is 0 Å². The van der Waals surface area contributed by atoms with Crippen LogP contribution in [0.3, 0.4) is 0 Å². The maximum absolute atomic E-state index is 11.6. The molecule has 0 aliphatic heterocycles. The fourth-order valence-corrected chi connectivity index (χ4v) is 1.43. The molecule has 18 heavy (non-hydrogen) atoms. The van der Waals surface area contributed by atoms with E-state index in [4.69, 9.17) is 16.7 Å². The van der Waals surface area contributed by atoms with Gasteiger partial charge in [-0.2, -0.15) is 0 Å². The van der Waals surface area contributed by atoms with Gasteiger partial charge in [0.1, 0.15) is 0 Å². The van der Waals surface area contributed by atoms with Crippen molar-refractivity contribution in [2.24, 2.45) is 0 Å². The maximum atomic E-state index is 11.6. The largest absolute Gasteiger partial charge is 0.394 e. The Morgan fingerprint density at radius 2 is 2.06 bits per heavy atom. The van der Waals surface area contributed by atoms with Gasteiger partial charge in [-0.25, -0.2) is 0 Å². The van der Waals surface area contributed by atoms with Gasteiger partial charge in [0.15, 0.2) is 0 Å². The standard InChI is InChI=1S/C12H15ClN2O3/c1-7(6-16)14-11(17)12(18)15-10-5-3-4-9(13)8(10)2/h3-5,7,16H,6H2,1-2H3,(H,14,17)(H,15,18). The zero-order chi connectivity index (χ0) is 13.7. The molecular formula is C12H15ClN2O3. The summed E-state index contributed by atoms with van der Waals surface area (Å²) in [4.78, 5) is 23.0. The minimum absolute atomic E-state index is 0.227. The first-order valence-electron chi connectivity index (χ1n) is 5.43. The van der Waals surface area contributed by atoms with Crippen molar-refractivity contribution in [1.29, 1.82) is 0 Å². The van der Waals surface area contributed by atoms with Crippen molar-refractivity contribution in [2.75, 3.05) is 11.9 Å². The summed E-state index contributed by atoms with van der Waals surface area (Å²) in [6.07, 6.45) is 0. The van der Waals surface area contributed by atoms with Crippen LogP contribution >= 0.6 is 11.6 Å². The van der Waals surface area contributed by atoms with Gasteiger partial charge in [-0.3, -0.25) is 9.59 Å². The predicted molar refractivity (Wildman–Crippen MR) is 69.5 cm³/mol. The van der Waals surface area contributed by atoms with Gasteiger partial charge in [0.05, 0.1) is 6.61 Å². The molecular weight excluding hydrogens is 256 g/mol. The first kappa shape index (κ1) is 14.5. The zero-order valence-electron chi connectivity index (χ0n) is 10.2. The summed E-state index contributed by atoms with van der Waals surface area (Å²) < 4.78 is 0. The molecule has 98 valence electrons. The number of carbonyl (C=O) groups is 2. The molecule has 0 aliphatic rings. The Labute approximate surface area is 110 Å². The fourth-order valence-electron chi connectivity index (χ4n) is 1.26. The van der Waals surface area contributed by atoms with E-state index in [0.29, 0.717) is 16.3 Å². The first-order valence-corrected chi connectivity index (χ1v) is 5.81. The molecule has 0 saturated heterocycles. The van der Waals surface area contributed by atoms with E-state index in [1.165, 1.54) is 0 Å². The van der Waals surface area contributed by atoms with E-state index in [2.05, 4.69) is 10.6 Å². The van der Waals surface area contributed by atoms with Crippen molar-refractivity contribution in [2.45, 2.75) is 19.9 Å². The summed E-state index contributed by atoms with van der Waals surface area (Å²) in [7, 11) is 0. The smallest absolute Gasteiger partial charge is 0.313 e. The number of hydrogen-bond donors (Lipinski definition) is 3. The molecule has 1 atom stereocenters. The molecule has 3 N–H and O–H groups in total. The maximum Gasteiger partial charge on any atom is 0.313 e. The summed E-state index contributed by atoms with van der Waals surface area (Å²) in [6.45, 7) is 3.11. The van der Waals surface area contributed by atoms with Crippen LogP contribution in [-0.2, 0) is 9.59 Å². The van der Waals surface area contributed by atoms with E-state index in [9.17, 15) is 9.59 Å². The van der Waals surface area contributed by atoms with E-state index < -0.39 is 17.9 Å². The van der Waals surface area contributed by atoms with Gasteiger partial charge in [0.25, 0.3) is 0 Å². The average Bonchev–Trinajstić information content (AvgIpc) is 2.34. The second kappa shape index (κ2) is 6.37. The Balaban J connectivity index is 2.70. The van der Waals surface area contributed by atoms with Gasteiger partial charge in [0, 0.05) is 16.8 Å². The molecule has 1 aromatic carbocycles. The molecule has 0 heterocycles. The molecule has 1 rings (SSSR count). The number of nitrogens with one attached hydrogen (secondary N) is 2. The molecule has 0 aromatic heterocycles. The number of anilines is 1. The number of benzene rings is 1. The highest BCUT2D eigenvalue weighted by molar-refractivity contribution is 6.40. The molecule has 0 saturated carbocycles. The Morgan fingerprint density at radius 1 is 1.39 bits per heavy atom. The van der Waals surface area contributed by atoms with E-state index in [1.807, 2.05) is 0 Å². The molecule has 5 nitrogen and oxygen atoms in total. The van der Waals surface area contributed by atoms with Crippen molar-refractivity contribution in [3.05, 3.63) is 28.8 Å². The summed E-state index contributed by atoms with van der Waals surface area (Å²) in [5, 5.41) is 14.1. The lowest BCUT2D eigenvalue weighted by Gasteiger charge is -2.12. The number of amides is 2. The van der Waals surface area contributed by atoms with Crippen LogP contribution in [-0.4, -0.2) is 29.6 Å². The Kier molecular flexibility index (Phi) is 5.12. The van der Waals surface area contributed by atoms with Gasteiger partial charge in [-0.05, 0) is 31.5 Å². The average molecular weight is 271 g/mol. The molecule has 6 heteroatoms. The highest BCUT2D eigenvalue weighted by Gasteiger charge is 2.16. The first-order chi connectivity index (χ1) is 8.45. The molecule has 0 bridgehead atoms. The highest BCUT2D eigenvalue weighted by Crippen LogP contribution is 2.22. The lowest BCUT2D eigenvalue weighted by Crippen LogP contribution is -2.42. The third-order valence-electron chi connectivity index (χ3n) is 2.37. The molecule has 2 amide bonds. The lowest BCUT2D eigenvalue weighted by atomic mass is 10.2. The number of aliphatic hydroxyl groups is 1. The van der Waals surface area contributed by atoms with Crippen LogP contribution in [0, 0.1) is 6.92 Å². The second-order valence-corrected chi connectivity index (χ2v) is 4.33. The lowest BCUT2D eigenvalue weighted by molar-refractivity contribution is -0.136.